The average molecular weight is 673 g/mol. The molecule has 3 aromatic rings. The van der Waals surface area contributed by atoms with Crippen molar-refractivity contribution in [2.24, 2.45) is 0 Å². The van der Waals surface area contributed by atoms with Crippen molar-refractivity contribution in [3.8, 4) is 34.5 Å². The molecule has 0 unspecified atom stereocenters. The summed E-state index contributed by atoms with van der Waals surface area (Å²) in [7, 11) is -0.780. The second kappa shape index (κ2) is 18.4. The monoisotopic (exact) mass is 672 g/mol. The van der Waals surface area contributed by atoms with Crippen molar-refractivity contribution in [1.29, 1.82) is 0 Å². The molecule has 0 fully saturated rings. The van der Waals surface area contributed by atoms with Gasteiger partial charge in [-0.15, -0.1) is 0 Å². The molecule has 260 valence electrons. The minimum absolute atomic E-state index is 0.0115. The van der Waals surface area contributed by atoms with Crippen LogP contribution in [-0.4, -0.2) is 47.9 Å². The molecule has 0 saturated heterocycles. The lowest BCUT2D eigenvalue weighted by Gasteiger charge is -2.24. The van der Waals surface area contributed by atoms with Gasteiger partial charge >= 0.3 is 0 Å². The first-order valence-electron chi connectivity index (χ1n) is 16.0. The molecule has 0 amide bonds. The van der Waals surface area contributed by atoms with E-state index in [0.29, 0.717) is 34.5 Å². The van der Waals surface area contributed by atoms with Crippen LogP contribution in [0.15, 0.2) is 69.3 Å². The number of hydrogen-bond acceptors (Lipinski definition) is 8. The Hall–Kier alpha value is -3.92. The molecule has 3 aromatic carbocycles. The van der Waals surface area contributed by atoms with Gasteiger partial charge in [0, 0.05) is 24.3 Å². The van der Waals surface area contributed by atoms with Crippen molar-refractivity contribution in [2.75, 3.05) is 0 Å². The van der Waals surface area contributed by atoms with E-state index in [0.717, 1.165) is 14.7 Å². The Kier molecular flexibility index (Phi) is 15.4. The third-order valence-electron chi connectivity index (χ3n) is 5.57. The summed E-state index contributed by atoms with van der Waals surface area (Å²) in [5, 5.41) is 15.3. The first kappa shape index (κ1) is 39.3. The molecule has 0 aliphatic heterocycles. The first-order valence-corrected chi connectivity index (χ1v) is 17.3. The Morgan fingerprint density at radius 2 is 0.787 bits per heavy atom. The van der Waals surface area contributed by atoms with Crippen LogP contribution in [0.3, 0.4) is 0 Å². The summed E-state index contributed by atoms with van der Waals surface area (Å²) in [5.41, 5.74) is 0. The summed E-state index contributed by atoms with van der Waals surface area (Å²) in [4.78, 5) is 11.3. The quantitative estimate of drug-likeness (QED) is 0.159. The number of carboxylic acid groups (broad SMARTS) is 2. The lowest BCUT2D eigenvalue weighted by atomic mass is 10.2. The van der Waals surface area contributed by atoms with Gasteiger partial charge in [0.25, 0.3) is 9.79 Å². The van der Waals surface area contributed by atoms with Gasteiger partial charge in [-0.2, -0.15) is 0 Å². The van der Waals surface area contributed by atoms with Crippen LogP contribution in [0.4, 0.5) is 4.79 Å². The van der Waals surface area contributed by atoms with Crippen LogP contribution in [0.2, 0.25) is 0 Å². The third-order valence-corrected chi connectivity index (χ3v) is 7.93. The Bertz CT molecular complexity index is 1250. The summed E-state index contributed by atoms with van der Waals surface area (Å²) < 4.78 is 38.7. The van der Waals surface area contributed by atoms with Crippen LogP contribution < -0.4 is 33.5 Å². The third kappa shape index (κ3) is 13.0. The van der Waals surface area contributed by atoms with E-state index in [1.165, 1.54) is 0 Å². The molecule has 0 saturated carbocycles. The van der Waals surface area contributed by atoms with E-state index < -0.39 is 17.1 Å². The molecule has 1 N–H and O–H groups in total. The summed E-state index contributed by atoms with van der Waals surface area (Å²) in [6.45, 7) is 24.3. The normalized spacial score (nSPS) is 11.3. The van der Waals surface area contributed by atoms with Gasteiger partial charge in [-0.25, -0.2) is 0 Å². The maximum absolute atomic E-state index is 8.44. The Labute approximate surface area is 283 Å². The molecule has 0 bridgehead atoms. The molecule has 0 aliphatic carbocycles. The molecule has 9 nitrogen and oxygen atoms in total. The topological polar surface area (TPSA) is 116 Å². The van der Waals surface area contributed by atoms with Gasteiger partial charge in [-0.3, -0.25) is 0 Å². The van der Waals surface area contributed by atoms with Crippen LogP contribution >= 0.6 is 0 Å². The lowest BCUT2D eigenvalue weighted by Crippen LogP contribution is -2.19. The van der Waals surface area contributed by atoms with Crippen LogP contribution in [0, 0.1) is 0 Å². The predicted octanol–water partition coefficient (Wildman–Crippen LogP) is 8.39. The highest BCUT2D eigenvalue weighted by Gasteiger charge is 2.43. The average Bonchev–Trinajstić information content (AvgIpc) is 2.89. The number of carbonyl (C=O) groups is 1. The molecular formula is C37H52O9S. The molecule has 0 atom stereocenters. The van der Waals surface area contributed by atoms with Crippen LogP contribution in [0.1, 0.15) is 83.1 Å². The van der Waals surface area contributed by atoms with E-state index in [4.69, 9.17) is 43.4 Å². The standard InChI is InChI=1S/C36H51O6S.CH2O3/c1-22(2)37-28-18-31(39-24(5)6)35(32(19-28)40-25(7)8)43(30-16-14-13-15-17-30)36-33(41-26(9)10)20-29(38-23(3)4)21-34(36)42-27(11)12;2-1(3)4/h13-27H,1-12H3;(H2,2,3,4)/q+1;/p-1. The van der Waals surface area contributed by atoms with Gasteiger partial charge in [0.2, 0.25) is 6.16 Å². The molecule has 47 heavy (non-hydrogen) atoms. The second-order valence-electron chi connectivity index (χ2n) is 12.4. The predicted molar refractivity (Wildman–Crippen MR) is 184 cm³/mol. The molecular weight excluding hydrogens is 620 g/mol. The summed E-state index contributed by atoms with van der Waals surface area (Å²) in [5.74, 6) is 4.18. The zero-order valence-electron chi connectivity index (χ0n) is 29.8. The number of benzene rings is 3. The fourth-order valence-electron chi connectivity index (χ4n) is 4.45. The van der Waals surface area contributed by atoms with Crippen molar-refractivity contribution in [3.05, 3.63) is 54.6 Å². The molecule has 0 radical (unpaired) electrons. The van der Waals surface area contributed by atoms with E-state index >= 15 is 0 Å². The zero-order chi connectivity index (χ0) is 35.4. The van der Waals surface area contributed by atoms with Gasteiger partial charge < -0.3 is 43.4 Å². The number of rotatable bonds is 15. The minimum Gasteiger partial charge on any atom is -0.565 e. The van der Waals surface area contributed by atoms with Gasteiger partial charge in [-0.1, -0.05) is 18.2 Å². The zero-order valence-corrected chi connectivity index (χ0v) is 30.6. The van der Waals surface area contributed by atoms with Gasteiger partial charge in [0.05, 0.1) is 36.6 Å². The number of hydrogen-bond donors (Lipinski definition) is 1. The van der Waals surface area contributed by atoms with E-state index in [2.05, 4.69) is 24.3 Å². The maximum Gasteiger partial charge on any atom is 0.250 e. The molecule has 10 heteroatoms. The van der Waals surface area contributed by atoms with E-state index in [9.17, 15) is 0 Å². The summed E-state index contributed by atoms with van der Waals surface area (Å²) in [6, 6.07) is 18.3. The smallest absolute Gasteiger partial charge is 0.250 e. The van der Waals surface area contributed by atoms with Gasteiger partial charge in [-0.05, 0) is 95.2 Å². The molecule has 0 aromatic heterocycles. The SMILES string of the molecule is CC(C)Oc1cc(OC(C)C)c([S+](c2ccccc2)c2c(OC(C)C)cc(OC(C)C)cc2OC(C)C)c(OC(C)C)c1.O=C([O-])O. The van der Waals surface area contributed by atoms with E-state index in [-0.39, 0.29) is 36.6 Å². The van der Waals surface area contributed by atoms with E-state index in [1.807, 2.05) is 113 Å². The fraction of sp³-hybridized carbons (Fsp3) is 0.486. The highest BCUT2D eigenvalue weighted by molar-refractivity contribution is 7.97. The summed E-state index contributed by atoms with van der Waals surface area (Å²) >= 11 is 0. The highest BCUT2D eigenvalue weighted by Crippen LogP contribution is 2.51. The van der Waals surface area contributed by atoms with E-state index in [1.54, 1.807) is 0 Å². The summed E-state index contributed by atoms with van der Waals surface area (Å²) in [6.07, 6.45) is -2.44. The van der Waals surface area contributed by atoms with Crippen molar-refractivity contribution in [3.63, 3.8) is 0 Å². The van der Waals surface area contributed by atoms with Crippen LogP contribution in [0.5, 0.6) is 34.5 Å². The Morgan fingerprint density at radius 3 is 1.02 bits per heavy atom. The molecule has 0 heterocycles. The van der Waals surface area contributed by atoms with Gasteiger partial charge in [0.1, 0.15) is 22.4 Å². The van der Waals surface area contributed by atoms with Crippen LogP contribution in [-0.2, 0) is 10.9 Å². The fourth-order valence-corrected chi connectivity index (χ4v) is 6.79. The maximum atomic E-state index is 8.44. The first-order chi connectivity index (χ1) is 22.0. The van der Waals surface area contributed by atoms with Crippen LogP contribution in [0.25, 0.3) is 0 Å². The van der Waals surface area contributed by atoms with Crippen molar-refractivity contribution in [1.82, 2.24) is 0 Å². The second-order valence-corrected chi connectivity index (χ2v) is 14.3. The number of ether oxygens (including phenoxy) is 6. The van der Waals surface area contributed by atoms with Crippen molar-refractivity contribution >= 4 is 17.1 Å². The Balaban J connectivity index is 0.00000181. The molecule has 0 spiro atoms. The largest absolute Gasteiger partial charge is 0.565 e. The molecule has 0 aliphatic rings. The molecule has 3 rings (SSSR count). The minimum atomic E-state index is -2.08. The Morgan fingerprint density at radius 1 is 0.532 bits per heavy atom. The highest BCUT2D eigenvalue weighted by atomic mass is 32.2. The lowest BCUT2D eigenvalue weighted by molar-refractivity contribution is -0.275. The van der Waals surface area contributed by atoms with Gasteiger partial charge in [0.15, 0.2) is 27.9 Å². The van der Waals surface area contributed by atoms with Crippen molar-refractivity contribution in [2.45, 2.75) is 134 Å². The van der Waals surface area contributed by atoms with Crippen molar-refractivity contribution < 1.29 is 43.4 Å².